The van der Waals surface area contributed by atoms with E-state index in [1.807, 2.05) is 0 Å². The maximum absolute atomic E-state index is 10.2. The standard InChI is InChI=1S/2C18H36O2.Zr/c2*1-2-3-4-5-6-7-8-9-10-11-12-13-14-15-16-17-18(19)20;/h2*2-17H2,1H3,(H,19,20);/q;;+2/p-2. The first-order valence-electron chi connectivity index (χ1n) is 17.9. The minimum atomic E-state index is -0.903. The van der Waals surface area contributed by atoms with Gasteiger partial charge in [-0.25, -0.2) is 0 Å². The van der Waals surface area contributed by atoms with Gasteiger partial charge in [-0.05, 0) is 25.7 Å². The van der Waals surface area contributed by atoms with E-state index in [-0.39, 0.29) is 39.0 Å². The second-order valence-corrected chi connectivity index (χ2v) is 12.1. The van der Waals surface area contributed by atoms with Gasteiger partial charge in [0.05, 0.1) is 0 Å². The van der Waals surface area contributed by atoms with Crippen LogP contribution in [0.1, 0.15) is 219 Å². The molecule has 0 fully saturated rings. The molecule has 4 nitrogen and oxygen atoms in total. The molecule has 0 aliphatic rings. The van der Waals surface area contributed by atoms with Gasteiger partial charge in [-0.3, -0.25) is 0 Å². The molecule has 0 aliphatic heterocycles. The minimum Gasteiger partial charge on any atom is -0.550 e. The first-order chi connectivity index (χ1) is 19.5. The summed E-state index contributed by atoms with van der Waals surface area (Å²) in [4.78, 5) is 20.4. The Balaban J connectivity index is -0.000000688. The summed E-state index contributed by atoms with van der Waals surface area (Å²) in [5.41, 5.74) is 0. The molecule has 0 amide bonds. The van der Waals surface area contributed by atoms with Crippen molar-refractivity contribution >= 4 is 11.9 Å². The fourth-order valence-electron chi connectivity index (χ4n) is 5.28. The van der Waals surface area contributed by atoms with Crippen molar-refractivity contribution in [1.29, 1.82) is 0 Å². The molecule has 0 aromatic rings. The number of rotatable bonds is 32. The van der Waals surface area contributed by atoms with Gasteiger partial charge in [0, 0.05) is 11.9 Å². The molecule has 0 aromatic heterocycles. The van der Waals surface area contributed by atoms with Gasteiger partial charge in [-0.15, -0.1) is 0 Å². The molecule has 41 heavy (non-hydrogen) atoms. The summed E-state index contributed by atoms with van der Waals surface area (Å²) in [6, 6.07) is 0. The van der Waals surface area contributed by atoms with E-state index in [9.17, 15) is 19.8 Å². The van der Waals surface area contributed by atoms with Gasteiger partial charge >= 0.3 is 26.2 Å². The van der Waals surface area contributed by atoms with E-state index in [1.165, 1.54) is 167 Å². The van der Waals surface area contributed by atoms with Crippen molar-refractivity contribution in [2.75, 3.05) is 0 Å². The fourth-order valence-corrected chi connectivity index (χ4v) is 5.28. The van der Waals surface area contributed by atoms with Crippen LogP contribution in [0.2, 0.25) is 0 Å². The van der Waals surface area contributed by atoms with Crippen molar-refractivity contribution in [3.05, 3.63) is 0 Å². The first-order valence-corrected chi connectivity index (χ1v) is 17.9. The van der Waals surface area contributed by atoms with Crippen molar-refractivity contribution in [2.45, 2.75) is 219 Å². The molecule has 0 aliphatic carbocycles. The molecule has 0 saturated heterocycles. The van der Waals surface area contributed by atoms with Gasteiger partial charge in [0.15, 0.2) is 0 Å². The van der Waals surface area contributed by atoms with Gasteiger partial charge in [-0.1, -0.05) is 194 Å². The molecular formula is C36H70O4Zr. The van der Waals surface area contributed by atoms with Gasteiger partial charge < -0.3 is 19.8 Å². The Hall–Kier alpha value is -0.177. The van der Waals surface area contributed by atoms with Crippen molar-refractivity contribution in [3.63, 3.8) is 0 Å². The topological polar surface area (TPSA) is 80.3 Å². The number of hydrogen-bond donors (Lipinski definition) is 0. The summed E-state index contributed by atoms with van der Waals surface area (Å²) < 4.78 is 0. The second-order valence-electron chi connectivity index (χ2n) is 12.1. The molecule has 5 heteroatoms. The first kappa shape index (κ1) is 45.3. The number of unbranched alkanes of at least 4 members (excludes halogenated alkanes) is 28. The molecule has 0 heterocycles. The van der Waals surface area contributed by atoms with E-state index in [0.717, 1.165) is 25.7 Å². The average molecular weight is 658 g/mol. The smallest absolute Gasteiger partial charge is 0.550 e. The van der Waals surface area contributed by atoms with E-state index in [0.29, 0.717) is 0 Å². The van der Waals surface area contributed by atoms with Crippen LogP contribution in [0.5, 0.6) is 0 Å². The Labute approximate surface area is 276 Å². The molecule has 0 N–H and O–H groups in total. The molecule has 0 atom stereocenters. The van der Waals surface area contributed by atoms with Gasteiger partial charge in [0.1, 0.15) is 0 Å². The maximum atomic E-state index is 10.2. The molecule has 0 rings (SSSR count). The Morgan fingerprint density at radius 2 is 0.463 bits per heavy atom. The number of hydrogen-bond acceptors (Lipinski definition) is 4. The van der Waals surface area contributed by atoms with Crippen LogP contribution in [-0.4, -0.2) is 11.9 Å². The summed E-state index contributed by atoms with van der Waals surface area (Å²) in [5.74, 6) is -1.81. The van der Waals surface area contributed by atoms with Crippen LogP contribution in [0.3, 0.4) is 0 Å². The normalized spacial score (nSPS) is 10.6. The molecule has 0 bridgehead atoms. The van der Waals surface area contributed by atoms with Crippen LogP contribution in [-0.2, 0) is 35.8 Å². The van der Waals surface area contributed by atoms with Crippen molar-refractivity contribution in [2.24, 2.45) is 0 Å². The Morgan fingerprint density at radius 3 is 0.610 bits per heavy atom. The SMILES string of the molecule is CCCCCCCCCCCCCCCCCC(=O)[O-].CCCCCCCCCCCCCCCCCC(=O)[O-].[Zr+2]. The maximum Gasteiger partial charge on any atom is 2.00 e. The van der Waals surface area contributed by atoms with Crippen LogP contribution < -0.4 is 10.2 Å². The Kier molecular flexibility index (Phi) is 46.3. The molecule has 0 spiro atoms. The summed E-state index contributed by atoms with van der Waals surface area (Å²) in [6.45, 7) is 4.53. The van der Waals surface area contributed by atoms with E-state index in [4.69, 9.17) is 0 Å². The third kappa shape index (κ3) is 49.8. The zero-order chi connectivity index (χ0) is 29.8. The number of carbonyl (C=O) groups is 2. The number of carboxylic acid groups (broad SMARTS) is 2. The molecule has 0 radical (unpaired) electrons. The van der Waals surface area contributed by atoms with Gasteiger partial charge in [0.2, 0.25) is 0 Å². The summed E-state index contributed by atoms with van der Waals surface area (Å²) in [6.07, 6.45) is 39.7. The number of aliphatic carboxylic acids is 2. The summed E-state index contributed by atoms with van der Waals surface area (Å²) in [5, 5.41) is 20.4. The van der Waals surface area contributed by atoms with E-state index >= 15 is 0 Å². The Bertz CT molecular complexity index is 454. The molecule has 0 aromatic carbocycles. The predicted molar refractivity (Wildman–Crippen MR) is 169 cm³/mol. The molecule has 242 valence electrons. The van der Waals surface area contributed by atoms with E-state index < -0.39 is 11.9 Å². The molecule has 0 unspecified atom stereocenters. The van der Waals surface area contributed by atoms with E-state index in [2.05, 4.69) is 13.8 Å². The zero-order valence-electron chi connectivity index (χ0n) is 27.8. The van der Waals surface area contributed by atoms with Gasteiger partial charge in [0.25, 0.3) is 0 Å². The number of carboxylic acids is 2. The number of carbonyl (C=O) groups excluding carboxylic acids is 2. The van der Waals surface area contributed by atoms with Crippen LogP contribution in [0.25, 0.3) is 0 Å². The zero-order valence-corrected chi connectivity index (χ0v) is 30.2. The van der Waals surface area contributed by atoms with Crippen LogP contribution in [0.15, 0.2) is 0 Å². The average Bonchev–Trinajstić information content (AvgIpc) is 2.93. The molecular weight excluding hydrogens is 588 g/mol. The third-order valence-corrected chi connectivity index (χ3v) is 7.97. The fraction of sp³-hybridized carbons (Fsp3) is 0.944. The summed E-state index contributed by atoms with van der Waals surface area (Å²) in [7, 11) is 0. The largest absolute Gasteiger partial charge is 2.00 e. The minimum absolute atomic E-state index is 0. The Morgan fingerprint density at radius 1 is 0.317 bits per heavy atom. The van der Waals surface area contributed by atoms with Crippen molar-refractivity contribution < 1.29 is 46.0 Å². The second kappa shape index (κ2) is 42.0. The predicted octanol–water partition coefficient (Wildman–Crippen LogP) is 9.99. The quantitative estimate of drug-likeness (QED) is 0.0675. The van der Waals surface area contributed by atoms with E-state index in [1.54, 1.807) is 0 Å². The monoisotopic (exact) mass is 656 g/mol. The third-order valence-electron chi connectivity index (χ3n) is 7.97. The van der Waals surface area contributed by atoms with Crippen molar-refractivity contribution in [1.82, 2.24) is 0 Å². The van der Waals surface area contributed by atoms with Crippen LogP contribution >= 0.6 is 0 Å². The van der Waals surface area contributed by atoms with Crippen LogP contribution in [0, 0.1) is 0 Å². The van der Waals surface area contributed by atoms with Crippen LogP contribution in [0.4, 0.5) is 0 Å². The van der Waals surface area contributed by atoms with Crippen molar-refractivity contribution in [3.8, 4) is 0 Å². The summed E-state index contributed by atoms with van der Waals surface area (Å²) >= 11 is 0. The molecule has 0 saturated carbocycles. The van der Waals surface area contributed by atoms with Gasteiger partial charge in [-0.2, -0.15) is 0 Å².